The predicted octanol–water partition coefficient (Wildman–Crippen LogP) is 1.66. The van der Waals surface area contributed by atoms with Crippen LogP contribution in [0.1, 0.15) is 10.4 Å². The number of hydrogen-bond donors (Lipinski definition) is 0. The van der Waals surface area contributed by atoms with Crippen LogP contribution in [0.5, 0.6) is 0 Å². The van der Waals surface area contributed by atoms with Gasteiger partial charge in [-0.25, -0.2) is 22.7 Å². The summed E-state index contributed by atoms with van der Waals surface area (Å²) >= 11 is 1.55. The number of nitrogens with zero attached hydrogens (tertiary/aromatic N) is 3. The summed E-state index contributed by atoms with van der Waals surface area (Å²) in [6.07, 6.45) is 4.06. The van der Waals surface area contributed by atoms with Gasteiger partial charge >= 0.3 is 5.97 Å². The lowest BCUT2D eigenvalue weighted by Gasteiger charge is -2.04. The molecule has 9 heteroatoms. The van der Waals surface area contributed by atoms with Gasteiger partial charge in [0.25, 0.3) is 0 Å². The van der Waals surface area contributed by atoms with Crippen molar-refractivity contribution in [3.05, 3.63) is 41.5 Å². The van der Waals surface area contributed by atoms with E-state index < -0.39 is 15.8 Å². The first-order chi connectivity index (χ1) is 11.0. The van der Waals surface area contributed by atoms with Crippen molar-refractivity contribution in [3.8, 4) is 10.6 Å². The van der Waals surface area contributed by atoms with Crippen molar-refractivity contribution < 1.29 is 17.9 Å². The van der Waals surface area contributed by atoms with Gasteiger partial charge in [-0.05, 0) is 17.5 Å². The van der Waals surface area contributed by atoms with Crippen molar-refractivity contribution in [2.24, 2.45) is 0 Å². The Hall–Kier alpha value is -2.26. The minimum Gasteiger partial charge on any atom is -0.461 e. The maximum atomic E-state index is 12.1. The van der Waals surface area contributed by atoms with Gasteiger partial charge in [-0.15, -0.1) is 11.3 Å². The zero-order valence-corrected chi connectivity index (χ0v) is 13.8. The monoisotopic (exact) mass is 351 g/mol. The molecule has 120 valence electrons. The van der Waals surface area contributed by atoms with Crippen LogP contribution >= 0.6 is 11.3 Å². The summed E-state index contributed by atoms with van der Waals surface area (Å²) in [7, 11) is -3.18. The predicted molar refractivity (Wildman–Crippen MR) is 86.3 cm³/mol. The minimum atomic E-state index is -3.18. The number of fused-ring (bicyclic) bond motifs is 1. The molecule has 0 radical (unpaired) electrons. The number of aromatic nitrogens is 3. The van der Waals surface area contributed by atoms with Crippen LogP contribution in [-0.2, 0) is 14.6 Å². The van der Waals surface area contributed by atoms with Crippen LogP contribution in [0.2, 0.25) is 0 Å². The molecule has 0 aliphatic rings. The highest BCUT2D eigenvalue weighted by molar-refractivity contribution is 7.90. The molecule has 0 atom stereocenters. The zero-order chi connectivity index (χ0) is 16.4. The van der Waals surface area contributed by atoms with E-state index in [4.69, 9.17) is 4.74 Å². The topological polar surface area (TPSA) is 90.6 Å². The molecule has 0 saturated carbocycles. The summed E-state index contributed by atoms with van der Waals surface area (Å²) in [4.78, 5) is 17.3. The van der Waals surface area contributed by atoms with E-state index in [1.54, 1.807) is 22.0 Å². The highest BCUT2D eigenvalue weighted by atomic mass is 32.2. The Morgan fingerprint density at radius 2 is 2.22 bits per heavy atom. The minimum absolute atomic E-state index is 0.195. The molecule has 0 N–H and O–H groups in total. The lowest BCUT2D eigenvalue weighted by atomic mass is 10.3. The summed E-state index contributed by atoms with van der Waals surface area (Å²) in [5.41, 5.74) is 1.40. The third-order valence-corrected chi connectivity index (χ3v) is 4.88. The Balaban J connectivity index is 1.88. The Kier molecular flexibility index (Phi) is 4.14. The first-order valence-corrected chi connectivity index (χ1v) is 9.61. The van der Waals surface area contributed by atoms with Gasteiger partial charge in [0.15, 0.2) is 15.5 Å². The fourth-order valence-corrected chi connectivity index (χ4v) is 3.13. The lowest BCUT2D eigenvalue weighted by Crippen LogP contribution is -2.14. The molecule has 0 fully saturated rings. The largest absolute Gasteiger partial charge is 0.461 e. The van der Waals surface area contributed by atoms with E-state index in [1.165, 1.54) is 6.20 Å². The molecule has 7 nitrogen and oxygen atoms in total. The van der Waals surface area contributed by atoms with Crippen LogP contribution < -0.4 is 0 Å². The van der Waals surface area contributed by atoms with E-state index in [1.807, 2.05) is 23.6 Å². The number of esters is 1. The van der Waals surface area contributed by atoms with Crippen LogP contribution in [0.4, 0.5) is 0 Å². The maximum Gasteiger partial charge on any atom is 0.343 e. The molecule has 0 unspecified atom stereocenters. The Morgan fingerprint density at radius 1 is 1.39 bits per heavy atom. The van der Waals surface area contributed by atoms with E-state index in [0.717, 1.165) is 16.8 Å². The molecule has 0 amide bonds. The number of ether oxygens (including phenoxy) is 1. The van der Waals surface area contributed by atoms with Gasteiger partial charge in [0.1, 0.15) is 12.2 Å². The average Bonchev–Trinajstić information content (AvgIpc) is 3.15. The van der Waals surface area contributed by atoms with Gasteiger partial charge < -0.3 is 4.74 Å². The second kappa shape index (κ2) is 6.09. The molecule has 0 saturated heterocycles. The number of hydrogen-bond acceptors (Lipinski definition) is 7. The van der Waals surface area contributed by atoms with Gasteiger partial charge in [0, 0.05) is 12.5 Å². The molecule has 0 aliphatic carbocycles. The number of carbonyl (C=O) groups is 1. The van der Waals surface area contributed by atoms with E-state index in [9.17, 15) is 13.2 Å². The molecular weight excluding hydrogens is 338 g/mol. The van der Waals surface area contributed by atoms with E-state index >= 15 is 0 Å². The van der Waals surface area contributed by atoms with Gasteiger partial charge in [-0.2, -0.15) is 5.10 Å². The molecule has 0 bridgehead atoms. The van der Waals surface area contributed by atoms with E-state index in [0.29, 0.717) is 5.65 Å². The molecule has 0 spiro atoms. The maximum absolute atomic E-state index is 12.1. The van der Waals surface area contributed by atoms with Crippen molar-refractivity contribution >= 4 is 32.8 Å². The fourth-order valence-electron chi connectivity index (χ4n) is 2.01. The summed E-state index contributed by atoms with van der Waals surface area (Å²) in [5.74, 6) is -0.856. The zero-order valence-electron chi connectivity index (χ0n) is 12.2. The number of carbonyl (C=O) groups excluding carboxylic acids is 1. The van der Waals surface area contributed by atoms with Crippen LogP contribution in [0.25, 0.3) is 16.2 Å². The third-order valence-electron chi connectivity index (χ3n) is 3.08. The molecule has 0 aliphatic heterocycles. The van der Waals surface area contributed by atoms with E-state index in [2.05, 4.69) is 10.1 Å². The second-order valence-corrected chi connectivity index (χ2v) is 8.07. The first kappa shape index (κ1) is 15.6. The number of sulfone groups is 1. The SMILES string of the molecule is CS(=O)(=O)CCOC(=O)c1cnn2c(-c3cccs3)ccnc12. The van der Waals surface area contributed by atoms with Crippen molar-refractivity contribution in [3.63, 3.8) is 0 Å². The number of thiophene rings is 1. The highest BCUT2D eigenvalue weighted by Crippen LogP contribution is 2.25. The fraction of sp³-hybridized carbons (Fsp3) is 0.214. The highest BCUT2D eigenvalue weighted by Gasteiger charge is 2.18. The summed E-state index contributed by atoms with van der Waals surface area (Å²) in [5, 5.41) is 6.14. The van der Waals surface area contributed by atoms with Gasteiger partial charge in [0.05, 0.1) is 22.5 Å². The molecule has 3 aromatic heterocycles. The molecule has 3 heterocycles. The third kappa shape index (κ3) is 3.40. The van der Waals surface area contributed by atoms with Crippen molar-refractivity contribution in [2.45, 2.75) is 0 Å². The Bertz CT molecular complexity index is 946. The molecule has 0 aromatic carbocycles. The van der Waals surface area contributed by atoms with E-state index in [-0.39, 0.29) is 17.9 Å². The van der Waals surface area contributed by atoms with Crippen molar-refractivity contribution in [2.75, 3.05) is 18.6 Å². The normalized spacial score (nSPS) is 11.7. The first-order valence-electron chi connectivity index (χ1n) is 6.67. The molecule has 3 rings (SSSR count). The van der Waals surface area contributed by atoms with Gasteiger partial charge in [-0.1, -0.05) is 6.07 Å². The standard InChI is InChI=1S/C14H13N3O4S2/c1-23(19,20)8-6-21-14(18)10-9-16-17-11(4-5-15-13(10)17)12-3-2-7-22-12/h2-5,7,9H,6,8H2,1H3. The number of rotatable bonds is 5. The smallest absolute Gasteiger partial charge is 0.343 e. The quantitative estimate of drug-likeness (QED) is 0.649. The Morgan fingerprint density at radius 3 is 2.91 bits per heavy atom. The van der Waals surface area contributed by atoms with Crippen molar-refractivity contribution in [1.82, 2.24) is 14.6 Å². The van der Waals surface area contributed by atoms with Gasteiger partial charge in [0.2, 0.25) is 0 Å². The Labute approximate surface area is 136 Å². The molecular formula is C14H13N3O4S2. The van der Waals surface area contributed by atoms with Crippen molar-refractivity contribution in [1.29, 1.82) is 0 Å². The summed E-state index contributed by atoms with van der Waals surface area (Å²) in [6, 6.07) is 5.69. The summed E-state index contributed by atoms with van der Waals surface area (Å²) in [6.45, 7) is -0.195. The van der Waals surface area contributed by atoms with Crippen LogP contribution in [0, 0.1) is 0 Å². The van der Waals surface area contributed by atoms with Gasteiger partial charge in [-0.3, -0.25) is 0 Å². The lowest BCUT2D eigenvalue weighted by molar-refractivity contribution is 0.0531. The molecule has 3 aromatic rings. The second-order valence-electron chi connectivity index (χ2n) is 4.87. The van der Waals surface area contributed by atoms with Crippen LogP contribution in [0.3, 0.4) is 0 Å². The van der Waals surface area contributed by atoms with Crippen LogP contribution in [-0.4, -0.2) is 47.6 Å². The average molecular weight is 351 g/mol. The summed E-state index contributed by atoms with van der Waals surface area (Å²) < 4.78 is 28.7. The molecule has 23 heavy (non-hydrogen) atoms. The van der Waals surface area contributed by atoms with Crippen LogP contribution in [0.15, 0.2) is 36.0 Å².